The van der Waals surface area contributed by atoms with Gasteiger partial charge < -0.3 is 25.7 Å². The van der Waals surface area contributed by atoms with Crippen LogP contribution < -0.4 is 16.4 Å². The molecule has 2 aromatic heterocycles. The summed E-state index contributed by atoms with van der Waals surface area (Å²) in [6.07, 6.45) is 5.42. The molecule has 0 fully saturated rings. The number of hydrogen-bond acceptors (Lipinski definition) is 6. The van der Waals surface area contributed by atoms with Gasteiger partial charge in [0.1, 0.15) is 12.1 Å². The number of hydrogen-bond donors (Lipinski definition) is 3. The highest BCUT2D eigenvalue weighted by Crippen LogP contribution is 2.32. The lowest BCUT2D eigenvalue weighted by Crippen LogP contribution is -2.22. The van der Waals surface area contributed by atoms with Crippen LogP contribution in [0.4, 0.5) is 11.8 Å². The largest absolute Gasteiger partial charge is 0.372 e. The van der Waals surface area contributed by atoms with Crippen molar-refractivity contribution in [3.05, 3.63) is 58.8 Å². The summed E-state index contributed by atoms with van der Waals surface area (Å²) >= 11 is 0. The smallest absolute Gasteiger partial charge is 0.251 e. The summed E-state index contributed by atoms with van der Waals surface area (Å²) in [5.41, 5.74) is 12.2. The number of rotatable bonds is 4. The lowest BCUT2D eigenvalue weighted by Gasteiger charge is -2.13. The van der Waals surface area contributed by atoms with E-state index in [1.807, 2.05) is 30.3 Å². The standard InChI is InChI=1S/C24H26N6O.C2H4O/c1-26-22-18-11-14(7-9-19(18)28-24(25)29-22)13-27-23(31)15-8-10-21-17(12-15)16-5-3-4-6-20(16)30(21)2;1-2-3/h7-12H,3-6,13H2,1-2H3,(H,27,31)(H3,25,26,28,29);2H,1H3. The number of aldehydes is 1. The number of benzene rings is 2. The Morgan fingerprint density at radius 3 is 2.65 bits per heavy atom. The first-order valence-electron chi connectivity index (χ1n) is 11.5. The van der Waals surface area contributed by atoms with Gasteiger partial charge in [-0.3, -0.25) is 4.79 Å². The molecule has 176 valence electrons. The summed E-state index contributed by atoms with van der Waals surface area (Å²) in [5, 5.41) is 8.19. The Morgan fingerprint density at radius 1 is 1.12 bits per heavy atom. The van der Waals surface area contributed by atoms with E-state index in [0.29, 0.717) is 17.9 Å². The fourth-order valence-electron chi connectivity index (χ4n) is 4.69. The molecule has 8 heteroatoms. The zero-order valence-electron chi connectivity index (χ0n) is 19.8. The molecular formula is C26H30N6O2. The van der Waals surface area contributed by atoms with E-state index in [-0.39, 0.29) is 11.9 Å². The summed E-state index contributed by atoms with van der Waals surface area (Å²) in [6, 6.07) is 11.9. The van der Waals surface area contributed by atoms with Gasteiger partial charge in [-0.2, -0.15) is 4.98 Å². The Kier molecular flexibility index (Phi) is 6.77. The third-order valence-corrected chi connectivity index (χ3v) is 6.26. The predicted molar refractivity (Wildman–Crippen MR) is 136 cm³/mol. The molecule has 8 nitrogen and oxygen atoms in total. The fourth-order valence-corrected chi connectivity index (χ4v) is 4.69. The minimum absolute atomic E-state index is 0.0715. The molecule has 0 radical (unpaired) electrons. The van der Waals surface area contributed by atoms with Crippen molar-refractivity contribution in [2.45, 2.75) is 39.2 Å². The van der Waals surface area contributed by atoms with Crippen molar-refractivity contribution in [3.8, 4) is 0 Å². The number of carbonyl (C=O) groups excluding carboxylic acids is 2. The molecule has 2 aromatic carbocycles. The van der Waals surface area contributed by atoms with Crippen LogP contribution in [0.15, 0.2) is 36.4 Å². The molecule has 0 unspecified atom stereocenters. The fraction of sp³-hybridized carbons (Fsp3) is 0.308. The first-order valence-corrected chi connectivity index (χ1v) is 11.5. The minimum atomic E-state index is -0.0715. The summed E-state index contributed by atoms with van der Waals surface area (Å²) in [4.78, 5) is 30.2. The van der Waals surface area contributed by atoms with Gasteiger partial charge in [0, 0.05) is 48.2 Å². The summed E-state index contributed by atoms with van der Waals surface area (Å²) < 4.78 is 2.29. The molecule has 0 bridgehead atoms. The van der Waals surface area contributed by atoms with Gasteiger partial charge in [-0.05, 0) is 74.1 Å². The van der Waals surface area contributed by atoms with Gasteiger partial charge in [-0.1, -0.05) is 6.07 Å². The molecule has 4 N–H and O–H groups in total. The molecule has 0 aliphatic heterocycles. The van der Waals surface area contributed by atoms with Crippen molar-refractivity contribution >= 4 is 45.8 Å². The lowest BCUT2D eigenvalue weighted by atomic mass is 9.95. The van der Waals surface area contributed by atoms with E-state index < -0.39 is 0 Å². The summed E-state index contributed by atoms with van der Waals surface area (Å²) in [6.45, 7) is 1.87. The van der Waals surface area contributed by atoms with Crippen LogP contribution >= 0.6 is 0 Å². The second-order valence-electron chi connectivity index (χ2n) is 8.37. The average Bonchev–Trinajstić information content (AvgIpc) is 3.14. The third kappa shape index (κ3) is 4.44. The van der Waals surface area contributed by atoms with Gasteiger partial charge in [0.15, 0.2) is 0 Å². The molecule has 1 aliphatic rings. The van der Waals surface area contributed by atoms with Crippen LogP contribution in [0, 0.1) is 0 Å². The minimum Gasteiger partial charge on any atom is -0.372 e. The maximum Gasteiger partial charge on any atom is 0.251 e. The van der Waals surface area contributed by atoms with E-state index in [9.17, 15) is 4.79 Å². The molecule has 0 saturated heterocycles. The van der Waals surface area contributed by atoms with E-state index in [1.165, 1.54) is 41.9 Å². The summed E-state index contributed by atoms with van der Waals surface area (Å²) in [7, 11) is 3.93. The number of aromatic nitrogens is 3. The van der Waals surface area contributed by atoms with Crippen LogP contribution in [0.1, 0.15) is 46.9 Å². The highest BCUT2D eigenvalue weighted by Gasteiger charge is 2.19. The number of nitrogens with one attached hydrogen (secondary N) is 2. The van der Waals surface area contributed by atoms with E-state index in [0.717, 1.165) is 35.6 Å². The molecular weight excluding hydrogens is 428 g/mol. The number of amides is 1. The van der Waals surface area contributed by atoms with Gasteiger partial charge in [0.2, 0.25) is 5.95 Å². The number of aryl methyl sites for hydroxylation is 2. The quantitative estimate of drug-likeness (QED) is 0.401. The van der Waals surface area contributed by atoms with Crippen molar-refractivity contribution in [1.29, 1.82) is 0 Å². The first-order chi connectivity index (χ1) is 16.5. The molecule has 0 saturated carbocycles. The SMILES string of the molecule is CC=O.CNc1nc(N)nc2ccc(CNC(=O)c3ccc4c(c3)c3c(n4C)CCCC3)cc12. The topological polar surface area (TPSA) is 115 Å². The van der Waals surface area contributed by atoms with Crippen LogP contribution in [0.5, 0.6) is 0 Å². The molecule has 0 atom stereocenters. The second-order valence-corrected chi connectivity index (χ2v) is 8.37. The molecule has 2 heterocycles. The number of nitrogens with two attached hydrogens (primary N) is 1. The Balaban J connectivity index is 0.000000868. The van der Waals surface area contributed by atoms with Crippen LogP contribution in [0.3, 0.4) is 0 Å². The molecule has 5 rings (SSSR count). The number of nitrogens with zero attached hydrogens (tertiary/aromatic N) is 3. The molecule has 1 aliphatic carbocycles. The number of fused-ring (bicyclic) bond motifs is 4. The molecule has 4 aromatic rings. The summed E-state index contributed by atoms with van der Waals surface area (Å²) in [5.74, 6) is 0.837. The van der Waals surface area contributed by atoms with Gasteiger partial charge in [-0.15, -0.1) is 0 Å². The average molecular weight is 459 g/mol. The zero-order valence-corrected chi connectivity index (χ0v) is 19.8. The van der Waals surface area contributed by atoms with Gasteiger partial charge in [0.05, 0.1) is 5.52 Å². The molecule has 34 heavy (non-hydrogen) atoms. The van der Waals surface area contributed by atoms with Crippen molar-refractivity contribution in [2.24, 2.45) is 7.05 Å². The predicted octanol–water partition coefficient (Wildman–Crippen LogP) is 3.76. The van der Waals surface area contributed by atoms with E-state index >= 15 is 0 Å². The van der Waals surface area contributed by atoms with Crippen LogP contribution in [-0.2, 0) is 31.2 Å². The van der Waals surface area contributed by atoms with Crippen LogP contribution in [-0.4, -0.2) is 33.8 Å². The van der Waals surface area contributed by atoms with Crippen molar-refractivity contribution in [3.63, 3.8) is 0 Å². The maximum absolute atomic E-state index is 12.9. The van der Waals surface area contributed by atoms with Crippen molar-refractivity contribution < 1.29 is 9.59 Å². The Hall–Kier alpha value is -3.94. The van der Waals surface area contributed by atoms with Gasteiger partial charge in [0.25, 0.3) is 5.91 Å². The second kappa shape index (κ2) is 9.91. The zero-order chi connectivity index (χ0) is 24.2. The molecule has 1 amide bonds. The van der Waals surface area contributed by atoms with E-state index in [1.54, 1.807) is 7.05 Å². The van der Waals surface area contributed by atoms with Crippen molar-refractivity contribution in [2.75, 3.05) is 18.1 Å². The highest BCUT2D eigenvalue weighted by molar-refractivity contribution is 5.99. The monoisotopic (exact) mass is 458 g/mol. The number of anilines is 2. The van der Waals surface area contributed by atoms with Crippen LogP contribution in [0.25, 0.3) is 21.8 Å². The maximum atomic E-state index is 12.9. The van der Waals surface area contributed by atoms with E-state index in [2.05, 4.69) is 38.3 Å². The van der Waals surface area contributed by atoms with Gasteiger partial charge >= 0.3 is 0 Å². The van der Waals surface area contributed by atoms with Crippen LogP contribution in [0.2, 0.25) is 0 Å². The Bertz CT molecular complexity index is 1380. The first kappa shape index (κ1) is 23.2. The Labute approximate surface area is 198 Å². The normalized spacial score (nSPS) is 12.6. The number of carbonyl (C=O) groups is 2. The lowest BCUT2D eigenvalue weighted by molar-refractivity contribution is -0.106. The highest BCUT2D eigenvalue weighted by atomic mass is 16.1. The molecule has 0 spiro atoms. The third-order valence-electron chi connectivity index (χ3n) is 6.26. The van der Waals surface area contributed by atoms with Crippen molar-refractivity contribution in [1.82, 2.24) is 19.9 Å². The van der Waals surface area contributed by atoms with Gasteiger partial charge in [-0.25, -0.2) is 4.98 Å². The van der Waals surface area contributed by atoms with E-state index in [4.69, 9.17) is 10.5 Å². The Morgan fingerprint density at radius 2 is 1.88 bits per heavy atom. The number of nitrogen functional groups attached to an aromatic ring is 1.